The lowest BCUT2D eigenvalue weighted by Gasteiger charge is -2.09. The highest BCUT2D eigenvalue weighted by Gasteiger charge is 2.02. The summed E-state index contributed by atoms with van der Waals surface area (Å²) in [5, 5.41) is 2.86. The van der Waals surface area contributed by atoms with Gasteiger partial charge in [0.1, 0.15) is 0 Å². The molecule has 82 valence electrons. The molecule has 0 aliphatic carbocycles. The van der Waals surface area contributed by atoms with Crippen molar-refractivity contribution in [1.82, 2.24) is 15.2 Å². The van der Waals surface area contributed by atoms with E-state index in [9.17, 15) is 4.79 Å². The molecule has 0 spiro atoms. The number of carbonyl (C=O) groups is 1. The summed E-state index contributed by atoms with van der Waals surface area (Å²) in [6.45, 7) is 1.69. The van der Waals surface area contributed by atoms with Crippen LogP contribution in [0, 0.1) is 0 Å². The Morgan fingerprint density at radius 3 is 2.67 bits per heavy atom. The van der Waals surface area contributed by atoms with E-state index in [-0.39, 0.29) is 5.91 Å². The number of pyridine rings is 1. The first-order chi connectivity index (χ1) is 7.20. The highest BCUT2D eigenvalue weighted by molar-refractivity contribution is 5.93. The highest BCUT2D eigenvalue weighted by atomic mass is 16.1. The Bertz CT molecular complexity index is 298. The molecule has 0 unspecified atom stereocenters. The smallest absolute Gasteiger partial charge is 0.251 e. The SMILES string of the molecule is CN(C)CCCNC(=O)c1ccncc1. The molecular weight excluding hydrogens is 190 g/mol. The summed E-state index contributed by atoms with van der Waals surface area (Å²) >= 11 is 0. The first-order valence-electron chi connectivity index (χ1n) is 5.03. The monoisotopic (exact) mass is 207 g/mol. The van der Waals surface area contributed by atoms with Crippen molar-refractivity contribution in [2.75, 3.05) is 27.2 Å². The van der Waals surface area contributed by atoms with E-state index in [4.69, 9.17) is 0 Å². The van der Waals surface area contributed by atoms with Gasteiger partial charge in [-0.3, -0.25) is 9.78 Å². The Hall–Kier alpha value is -1.42. The third-order valence-corrected chi connectivity index (χ3v) is 2.01. The molecule has 0 aliphatic heterocycles. The highest BCUT2D eigenvalue weighted by Crippen LogP contribution is 1.95. The van der Waals surface area contributed by atoms with Crippen molar-refractivity contribution < 1.29 is 4.79 Å². The van der Waals surface area contributed by atoms with E-state index in [1.54, 1.807) is 24.5 Å². The average molecular weight is 207 g/mol. The summed E-state index contributed by atoms with van der Waals surface area (Å²) in [6, 6.07) is 3.42. The lowest BCUT2D eigenvalue weighted by atomic mass is 10.2. The van der Waals surface area contributed by atoms with Crippen LogP contribution in [0.1, 0.15) is 16.8 Å². The molecule has 1 aromatic rings. The zero-order valence-corrected chi connectivity index (χ0v) is 9.23. The van der Waals surface area contributed by atoms with Gasteiger partial charge in [0, 0.05) is 24.5 Å². The fourth-order valence-corrected chi connectivity index (χ4v) is 1.20. The Kier molecular flexibility index (Phi) is 4.77. The number of hydrogen-bond acceptors (Lipinski definition) is 3. The van der Waals surface area contributed by atoms with Crippen LogP contribution in [0.3, 0.4) is 0 Å². The van der Waals surface area contributed by atoms with Gasteiger partial charge in [-0.25, -0.2) is 0 Å². The Morgan fingerprint density at radius 2 is 2.07 bits per heavy atom. The van der Waals surface area contributed by atoms with Gasteiger partial charge in [-0.15, -0.1) is 0 Å². The number of hydrogen-bond donors (Lipinski definition) is 1. The Morgan fingerprint density at radius 1 is 1.40 bits per heavy atom. The van der Waals surface area contributed by atoms with Crippen molar-refractivity contribution in [3.63, 3.8) is 0 Å². The van der Waals surface area contributed by atoms with Crippen LogP contribution in [-0.4, -0.2) is 43.0 Å². The molecule has 0 radical (unpaired) electrons. The summed E-state index contributed by atoms with van der Waals surface area (Å²) < 4.78 is 0. The number of nitrogens with zero attached hydrogens (tertiary/aromatic N) is 2. The normalized spacial score (nSPS) is 10.3. The van der Waals surface area contributed by atoms with Crippen molar-refractivity contribution in [3.05, 3.63) is 30.1 Å². The fourth-order valence-electron chi connectivity index (χ4n) is 1.20. The lowest BCUT2D eigenvalue weighted by Crippen LogP contribution is -2.27. The summed E-state index contributed by atoms with van der Waals surface area (Å²) in [4.78, 5) is 17.5. The van der Waals surface area contributed by atoms with Gasteiger partial charge in [0.2, 0.25) is 0 Å². The molecule has 0 fully saturated rings. The maximum absolute atomic E-state index is 11.5. The fraction of sp³-hybridized carbons (Fsp3) is 0.455. The maximum Gasteiger partial charge on any atom is 0.251 e. The van der Waals surface area contributed by atoms with E-state index in [0.29, 0.717) is 12.1 Å². The van der Waals surface area contributed by atoms with Gasteiger partial charge < -0.3 is 10.2 Å². The molecule has 4 nitrogen and oxygen atoms in total. The van der Waals surface area contributed by atoms with Crippen LogP contribution in [0.4, 0.5) is 0 Å². The second kappa shape index (κ2) is 6.14. The minimum atomic E-state index is -0.0313. The molecule has 0 aromatic carbocycles. The Labute approximate surface area is 90.3 Å². The van der Waals surface area contributed by atoms with Gasteiger partial charge in [0.25, 0.3) is 5.91 Å². The molecule has 0 bridgehead atoms. The van der Waals surface area contributed by atoms with E-state index in [0.717, 1.165) is 13.0 Å². The molecule has 0 aliphatic rings. The minimum Gasteiger partial charge on any atom is -0.352 e. The van der Waals surface area contributed by atoms with Gasteiger partial charge in [0.15, 0.2) is 0 Å². The van der Waals surface area contributed by atoms with E-state index >= 15 is 0 Å². The molecule has 1 rings (SSSR count). The van der Waals surface area contributed by atoms with E-state index < -0.39 is 0 Å². The third-order valence-electron chi connectivity index (χ3n) is 2.01. The standard InChI is InChI=1S/C11H17N3O/c1-14(2)9-3-6-13-11(15)10-4-7-12-8-5-10/h4-5,7-8H,3,6,9H2,1-2H3,(H,13,15). The number of amides is 1. The predicted molar refractivity (Wildman–Crippen MR) is 59.7 cm³/mol. The molecule has 1 heterocycles. The topological polar surface area (TPSA) is 45.2 Å². The zero-order chi connectivity index (χ0) is 11.1. The molecule has 1 N–H and O–H groups in total. The van der Waals surface area contributed by atoms with Gasteiger partial charge in [0.05, 0.1) is 0 Å². The van der Waals surface area contributed by atoms with Crippen molar-refractivity contribution >= 4 is 5.91 Å². The molecule has 4 heteroatoms. The van der Waals surface area contributed by atoms with Crippen molar-refractivity contribution in [2.24, 2.45) is 0 Å². The van der Waals surface area contributed by atoms with Gasteiger partial charge >= 0.3 is 0 Å². The summed E-state index contributed by atoms with van der Waals surface area (Å²) in [7, 11) is 4.04. The van der Waals surface area contributed by atoms with Gasteiger partial charge in [-0.1, -0.05) is 0 Å². The van der Waals surface area contributed by atoms with E-state index in [2.05, 4.69) is 15.2 Å². The lowest BCUT2D eigenvalue weighted by molar-refractivity contribution is 0.0952. The molecule has 0 saturated carbocycles. The van der Waals surface area contributed by atoms with Crippen LogP contribution >= 0.6 is 0 Å². The molecule has 15 heavy (non-hydrogen) atoms. The van der Waals surface area contributed by atoms with Crippen molar-refractivity contribution in [2.45, 2.75) is 6.42 Å². The predicted octanol–water partition coefficient (Wildman–Crippen LogP) is 0.763. The van der Waals surface area contributed by atoms with Crippen LogP contribution in [0.2, 0.25) is 0 Å². The average Bonchev–Trinajstić information content (AvgIpc) is 2.25. The number of carbonyl (C=O) groups excluding carboxylic acids is 1. The molecule has 0 atom stereocenters. The minimum absolute atomic E-state index is 0.0313. The quantitative estimate of drug-likeness (QED) is 0.725. The second-order valence-electron chi connectivity index (χ2n) is 3.65. The summed E-state index contributed by atoms with van der Waals surface area (Å²) in [5.74, 6) is -0.0313. The Balaban J connectivity index is 2.25. The third kappa shape index (κ3) is 4.56. The summed E-state index contributed by atoms with van der Waals surface area (Å²) in [6.07, 6.45) is 4.20. The maximum atomic E-state index is 11.5. The van der Waals surface area contributed by atoms with Crippen LogP contribution in [-0.2, 0) is 0 Å². The first kappa shape index (κ1) is 11.7. The van der Waals surface area contributed by atoms with E-state index in [1.165, 1.54) is 0 Å². The van der Waals surface area contributed by atoms with Crippen molar-refractivity contribution in [1.29, 1.82) is 0 Å². The summed E-state index contributed by atoms with van der Waals surface area (Å²) in [5.41, 5.74) is 0.662. The zero-order valence-electron chi connectivity index (χ0n) is 9.23. The van der Waals surface area contributed by atoms with Crippen LogP contribution < -0.4 is 5.32 Å². The van der Waals surface area contributed by atoms with Crippen LogP contribution in [0.5, 0.6) is 0 Å². The van der Waals surface area contributed by atoms with Gasteiger partial charge in [-0.05, 0) is 39.2 Å². The molecule has 0 saturated heterocycles. The molecular formula is C11H17N3O. The second-order valence-corrected chi connectivity index (χ2v) is 3.65. The molecule has 1 amide bonds. The van der Waals surface area contributed by atoms with Gasteiger partial charge in [-0.2, -0.15) is 0 Å². The number of aromatic nitrogens is 1. The largest absolute Gasteiger partial charge is 0.352 e. The van der Waals surface area contributed by atoms with Crippen molar-refractivity contribution in [3.8, 4) is 0 Å². The first-order valence-corrected chi connectivity index (χ1v) is 5.03. The van der Waals surface area contributed by atoms with Crippen LogP contribution in [0.25, 0.3) is 0 Å². The van der Waals surface area contributed by atoms with E-state index in [1.807, 2.05) is 14.1 Å². The molecule has 1 aromatic heterocycles. The number of nitrogens with one attached hydrogen (secondary N) is 1. The van der Waals surface area contributed by atoms with Crippen LogP contribution in [0.15, 0.2) is 24.5 Å². The number of rotatable bonds is 5.